The fraction of sp³-hybridized carbons (Fsp3) is 0.556. The van der Waals surface area contributed by atoms with Crippen LogP contribution in [0.5, 0.6) is 0 Å². The summed E-state index contributed by atoms with van der Waals surface area (Å²) < 4.78 is 5.18. The minimum atomic E-state index is -0.672. The van der Waals surface area contributed by atoms with Gasteiger partial charge >= 0.3 is 6.09 Å². The summed E-state index contributed by atoms with van der Waals surface area (Å²) in [5.74, 6) is -0.389. The molecule has 0 heterocycles. The lowest BCUT2D eigenvalue weighted by atomic mass is 9.90. The van der Waals surface area contributed by atoms with Gasteiger partial charge in [0.25, 0.3) is 0 Å². The minimum Gasteiger partial charge on any atom is -0.449 e. The van der Waals surface area contributed by atoms with Crippen LogP contribution in [-0.4, -0.2) is 40.9 Å². The van der Waals surface area contributed by atoms with Gasteiger partial charge in [0.2, 0.25) is 0 Å². The Morgan fingerprint density at radius 1 is 1.18 bits per heavy atom. The number of aliphatic hydroxyl groups is 2. The number of hydrogen-bond acceptors (Lipinski definition) is 5. The molecule has 1 aromatic rings. The summed E-state index contributed by atoms with van der Waals surface area (Å²) in [5.41, 5.74) is 0.705. The number of ketones is 1. The number of carbonyl (C=O) groups excluding carboxylic acids is 2. The molecule has 6 nitrogen and oxygen atoms in total. The summed E-state index contributed by atoms with van der Waals surface area (Å²) in [6.07, 6.45) is 13.1. The van der Waals surface area contributed by atoms with Gasteiger partial charge in [-0.05, 0) is 44.2 Å². The zero-order chi connectivity index (χ0) is 23.9. The summed E-state index contributed by atoms with van der Waals surface area (Å²) in [7, 11) is 0. The Bertz CT molecular complexity index is 761. The maximum absolute atomic E-state index is 12.3. The van der Waals surface area contributed by atoms with Crippen molar-refractivity contribution in [2.45, 2.75) is 76.9 Å². The van der Waals surface area contributed by atoms with Gasteiger partial charge in [-0.2, -0.15) is 0 Å². The van der Waals surface area contributed by atoms with Gasteiger partial charge in [-0.1, -0.05) is 68.7 Å². The molecule has 1 amide bonds. The molecular weight excluding hydrogens is 418 g/mol. The molecule has 0 saturated heterocycles. The number of allylic oxidation sites excluding steroid dienone is 2. The van der Waals surface area contributed by atoms with E-state index in [4.69, 9.17) is 4.74 Å². The highest BCUT2D eigenvalue weighted by atomic mass is 16.5. The standard InChI is InChI=1S/C27H39NO5/c1-2-3-8-15-22(29)17-18-24-23(25(30)20-26(24)31)16-11-5-4-6-12-19-33-27(32)28-21-13-9-7-10-14-21/h5,7,9-11,13-14,17-18,22-24,26,29,31H,2-4,6,8,12,15-16,19-20H2,1H3,(H,28,32)/b11-5-,18-17+/t22-,23+,24+,26+/m0/s1. The van der Waals surface area contributed by atoms with Gasteiger partial charge in [-0.3, -0.25) is 10.1 Å². The number of ether oxygens (including phenoxy) is 1. The lowest BCUT2D eigenvalue weighted by molar-refractivity contribution is -0.121. The van der Waals surface area contributed by atoms with Gasteiger partial charge in [0.1, 0.15) is 5.78 Å². The summed E-state index contributed by atoms with van der Waals surface area (Å²) in [5, 5.41) is 23.0. The predicted octanol–water partition coefficient (Wildman–Crippen LogP) is 5.42. The second-order valence-corrected chi connectivity index (χ2v) is 8.70. The molecule has 0 aromatic heterocycles. The monoisotopic (exact) mass is 457 g/mol. The number of amides is 1. The van der Waals surface area contributed by atoms with E-state index in [2.05, 4.69) is 12.2 Å². The van der Waals surface area contributed by atoms with Crippen LogP contribution in [0.1, 0.15) is 64.7 Å². The molecule has 0 bridgehead atoms. The molecule has 1 aliphatic carbocycles. The molecule has 0 radical (unpaired) electrons. The van der Waals surface area contributed by atoms with Crippen LogP contribution < -0.4 is 5.32 Å². The van der Waals surface area contributed by atoms with Gasteiger partial charge in [0.05, 0.1) is 18.8 Å². The molecule has 1 aliphatic rings. The Balaban J connectivity index is 1.63. The first-order valence-electron chi connectivity index (χ1n) is 12.2. The van der Waals surface area contributed by atoms with Crippen molar-refractivity contribution in [3.05, 3.63) is 54.6 Å². The molecule has 0 aliphatic heterocycles. The van der Waals surface area contributed by atoms with E-state index in [0.29, 0.717) is 25.1 Å². The Morgan fingerprint density at radius 3 is 2.73 bits per heavy atom. The van der Waals surface area contributed by atoms with Crippen LogP contribution in [0.3, 0.4) is 0 Å². The van der Waals surface area contributed by atoms with Crippen LogP contribution in [0, 0.1) is 11.8 Å². The molecule has 0 unspecified atom stereocenters. The molecule has 6 heteroatoms. The normalized spacial score (nSPS) is 21.7. The molecule has 0 spiro atoms. The van der Waals surface area contributed by atoms with Gasteiger partial charge in [0, 0.05) is 23.9 Å². The number of nitrogens with one attached hydrogen (secondary N) is 1. The fourth-order valence-electron chi connectivity index (χ4n) is 4.05. The van der Waals surface area contributed by atoms with Crippen molar-refractivity contribution in [1.29, 1.82) is 0 Å². The molecule has 1 fully saturated rings. The SMILES string of the molecule is CCCCC[C@H](O)/C=C/[C@H]1[C@H](O)CC(=O)[C@@H]1C/C=C\CCCCOC(=O)Nc1ccccc1. The Labute approximate surface area is 197 Å². The number of para-hydroxylation sites is 1. The summed E-state index contributed by atoms with van der Waals surface area (Å²) in [6.45, 7) is 2.48. The number of hydrogen-bond donors (Lipinski definition) is 3. The van der Waals surface area contributed by atoms with Crippen LogP contribution in [0.15, 0.2) is 54.6 Å². The second-order valence-electron chi connectivity index (χ2n) is 8.70. The van der Waals surface area contributed by atoms with Gasteiger partial charge in [-0.25, -0.2) is 4.79 Å². The van der Waals surface area contributed by atoms with E-state index in [1.807, 2.05) is 36.4 Å². The largest absolute Gasteiger partial charge is 0.449 e. The summed E-state index contributed by atoms with van der Waals surface area (Å²) >= 11 is 0. The van der Waals surface area contributed by atoms with E-state index >= 15 is 0 Å². The van der Waals surface area contributed by atoms with Gasteiger partial charge in [-0.15, -0.1) is 0 Å². The quantitative estimate of drug-likeness (QED) is 0.256. The number of unbranched alkanes of at least 4 members (excludes halogenated alkanes) is 4. The third-order valence-electron chi connectivity index (χ3n) is 5.97. The third-order valence-corrected chi connectivity index (χ3v) is 5.97. The first-order valence-corrected chi connectivity index (χ1v) is 12.2. The highest BCUT2D eigenvalue weighted by Gasteiger charge is 2.39. The van der Waals surface area contributed by atoms with Crippen molar-refractivity contribution >= 4 is 17.6 Å². The number of aliphatic hydroxyl groups excluding tert-OH is 2. The molecule has 3 N–H and O–H groups in total. The average Bonchev–Trinajstić information content (AvgIpc) is 3.07. The van der Waals surface area contributed by atoms with E-state index < -0.39 is 18.3 Å². The minimum absolute atomic E-state index is 0.0834. The Hall–Kier alpha value is -2.44. The topological polar surface area (TPSA) is 95.9 Å². The zero-order valence-electron chi connectivity index (χ0n) is 19.7. The third kappa shape index (κ3) is 10.4. The van der Waals surface area contributed by atoms with Crippen molar-refractivity contribution in [3.63, 3.8) is 0 Å². The van der Waals surface area contributed by atoms with Crippen molar-refractivity contribution in [1.82, 2.24) is 0 Å². The van der Waals surface area contributed by atoms with Gasteiger partial charge < -0.3 is 14.9 Å². The van der Waals surface area contributed by atoms with E-state index in [1.54, 1.807) is 18.2 Å². The number of benzene rings is 1. The van der Waals surface area contributed by atoms with Crippen LogP contribution in [0.25, 0.3) is 0 Å². The highest BCUT2D eigenvalue weighted by molar-refractivity contribution is 5.85. The van der Waals surface area contributed by atoms with Crippen LogP contribution >= 0.6 is 0 Å². The van der Waals surface area contributed by atoms with E-state index in [1.165, 1.54) is 0 Å². The molecule has 33 heavy (non-hydrogen) atoms. The predicted molar refractivity (Wildman–Crippen MR) is 131 cm³/mol. The lowest BCUT2D eigenvalue weighted by Gasteiger charge is -2.16. The molecule has 182 valence electrons. The first kappa shape index (κ1) is 26.8. The maximum atomic E-state index is 12.3. The van der Waals surface area contributed by atoms with Crippen LogP contribution in [-0.2, 0) is 9.53 Å². The van der Waals surface area contributed by atoms with Crippen LogP contribution in [0.2, 0.25) is 0 Å². The van der Waals surface area contributed by atoms with Crippen molar-refractivity contribution in [3.8, 4) is 0 Å². The van der Waals surface area contributed by atoms with E-state index in [-0.39, 0.29) is 24.0 Å². The molecular formula is C27H39NO5. The van der Waals surface area contributed by atoms with Crippen molar-refractivity contribution in [2.75, 3.05) is 11.9 Å². The van der Waals surface area contributed by atoms with Crippen molar-refractivity contribution < 1.29 is 24.5 Å². The fourth-order valence-corrected chi connectivity index (χ4v) is 4.05. The van der Waals surface area contributed by atoms with E-state index in [0.717, 1.165) is 38.5 Å². The van der Waals surface area contributed by atoms with Crippen molar-refractivity contribution in [2.24, 2.45) is 11.8 Å². The summed E-state index contributed by atoms with van der Waals surface area (Å²) in [4.78, 5) is 24.0. The average molecular weight is 458 g/mol. The Morgan fingerprint density at radius 2 is 1.97 bits per heavy atom. The van der Waals surface area contributed by atoms with Crippen LogP contribution in [0.4, 0.5) is 10.5 Å². The highest BCUT2D eigenvalue weighted by Crippen LogP contribution is 2.33. The molecule has 2 rings (SSSR count). The Kier molecular flexibility index (Phi) is 12.5. The van der Waals surface area contributed by atoms with E-state index in [9.17, 15) is 19.8 Å². The maximum Gasteiger partial charge on any atom is 0.411 e. The van der Waals surface area contributed by atoms with Gasteiger partial charge in [0.15, 0.2) is 0 Å². The number of carbonyl (C=O) groups is 2. The second kappa shape index (κ2) is 15.4. The number of Topliss-reactive ketones (excluding diaryl/α,β-unsaturated/α-hetero) is 1. The number of rotatable bonds is 14. The first-order chi connectivity index (χ1) is 16.0. The molecule has 1 saturated carbocycles. The number of anilines is 1. The summed E-state index contributed by atoms with van der Waals surface area (Å²) in [6, 6.07) is 9.18. The smallest absolute Gasteiger partial charge is 0.411 e. The lowest BCUT2D eigenvalue weighted by Crippen LogP contribution is -2.18. The molecule has 1 aromatic carbocycles. The molecule has 4 atom stereocenters. The zero-order valence-corrected chi connectivity index (χ0v) is 19.7.